The molecule has 1 aromatic carbocycles. The molecule has 2 N–H and O–H groups in total. The Kier molecular flexibility index (Phi) is 3.13. The predicted octanol–water partition coefficient (Wildman–Crippen LogP) is 2.16. The number of nitrogens with zero attached hydrogens (tertiary/aromatic N) is 8. The van der Waals surface area contributed by atoms with Crippen molar-refractivity contribution in [3.63, 3.8) is 0 Å². The lowest BCUT2D eigenvalue weighted by Gasteiger charge is -2.36. The lowest BCUT2D eigenvalue weighted by Crippen LogP contribution is -2.47. The number of rotatable bonds is 9. The predicted molar refractivity (Wildman–Crippen MR) is 139 cm³/mol. The molecule has 12 heteroatoms. The van der Waals surface area contributed by atoms with Crippen LogP contribution in [0.4, 0.5) is 11.6 Å². The summed E-state index contributed by atoms with van der Waals surface area (Å²) in [5.74, 6) is -0.419. The first-order valence-electron chi connectivity index (χ1n) is 18.6. The summed E-state index contributed by atoms with van der Waals surface area (Å²) >= 11 is 0. The van der Waals surface area contributed by atoms with E-state index >= 15 is 0 Å². The van der Waals surface area contributed by atoms with Crippen LogP contribution < -0.4 is 15.4 Å². The maximum absolute atomic E-state index is 8.93. The van der Waals surface area contributed by atoms with E-state index < -0.39 is 68.3 Å². The molecule has 0 atom stereocenters. The molecule has 12 nitrogen and oxygen atoms in total. The Hall–Kier alpha value is -4.16. The van der Waals surface area contributed by atoms with E-state index in [0.717, 1.165) is 42.1 Å². The van der Waals surface area contributed by atoms with Crippen molar-refractivity contribution in [2.24, 2.45) is 0 Å². The molecule has 1 saturated heterocycles. The van der Waals surface area contributed by atoms with Crippen LogP contribution in [0, 0.1) is 0 Å². The van der Waals surface area contributed by atoms with Crippen molar-refractivity contribution in [1.29, 1.82) is 0 Å². The SMILES string of the molecule is [2H]C([2H])(OC)C([2H])([2H])Oc1ccc(N2C([2H])([2H])C([2H])([2H])N(C([2H])([2H])C([2H])([2H])n3ncc4c3nc(N)n3nc(-c5ccco5)nc43)C([2H])([2H])C2([2H])[2H])cc1. The van der Waals surface area contributed by atoms with Crippen molar-refractivity contribution < 1.29 is 35.8 Å². The highest BCUT2D eigenvalue weighted by atomic mass is 16.5. The van der Waals surface area contributed by atoms with E-state index in [9.17, 15) is 0 Å². The molecule has 192 valence electrons. The van der Waals surface area contributed by atoms with Gasteiger partial charge in [-0.1, -0.05) is 0 Å². The zero-order valence-electron chi connectivity index (χ0n) is 35.0. The number of anilines is 2. The highest BCUT2D eigenvalue weighted by Gasteiger charge is 2.20. The summed E-state index contributed by atoms with van der Waals surface area (Å²) in [7, 11) is 0.905. The third-order valence-corrected chi connectivity index (χ3v) is 4.99. The first kappa shape index (κ1) is 11.5. The van der Waals surface area contributed by atoms with Gasteiger partial charge in [-0.05, 0) is 36.4 Å². The first-order valence-corrected chi connectivity index (χ1v) is 10.6. The molecule has 0 radical (unpaired) electrons. The number of fused-ring (bicyclic) bond motifs is 3. The molecule has 5 aromatic rings. The average Bonchev–Trinajstić information content (AvgIpc) is 3.80. The van der Waals surface area contributed by atoms with Crippen LogP contribution in [0.3, 0.4) is 0 Å². The topological polar surface area (TPSA) is 125 Å². The normalized spacial score (nSPS) is 28.1. The quantitative estimate of drug-likeness (QED) is 0.310. The Morgan fingerprint density at radius 3 is 2.65 bits per heavy atom. The van der Waals surface area contributed by atoms with Crippen molar-refractivity contribution in [2.45, 2.75) is 6.50 Å². The van der Waals surface area contributed by atoms with Gasteiger partial charge in [-0.3, -0.25) is 4.90 Å². The molecule has 1 aliphatic rings. The van der Waals surface area contributed by atoms with Gasteiger partial charge in [0.05, 0.1) is 44.6 Å². The molecule has 1 fully saturated rings. The molecule has 0 amide bonds. The molecular weight excluding hydrogens is 474 g/mol. The molecule has 37 heavy (non-hydrogen) atoms. The third kappa shape index (κ3) is 4.68. The molecule has 0 bridgehead atoms. The van der Waals surface area contributed by atoms with E-state index in [0.29, 0.717) is 4.68 Å². The Morgan fingerprint density at radius 1 is 1.05 bits per heavy atom. The summed E-state index contributed by atoms with van der Waals surface area (Å²) < 4.78 is 154. The number of nitrogens with two attached hydrogens (primary N) is 1. The number of aryl methyl sites for hydroxylation is 1. The Labute approximate surface area is 235 Å². The van der Waals surface area contributed by atoms with Gasteiger partial charge in [0, 0.05) is 53.5 Å². The average molecular weight is 520 g/mol. The highest BCUT2D eigenvalue weighted by Crippen LogP contribution is 2.24. The lowest BCUT2D eigenvalue weighted by molar-refractivity contribution is 0.146. The second-order valence-electron chi connectivity index (χ2n) is 7.26. The molecule has 0 aliphatic carbocycles. The summed E-state index contributed by atoms with van der Waals surface area (Å²) in [6, 6.07) is 6.91. The van der Waals surface area contributed by atoms with Crippen LogP contribution in [-0.4, -0.2) is 87.0 Å². The number of furan rings is 1. The zero-order chi connectivity index (χ0) is 39.5. The standard InChI is InChI=1S/C25H29N9O3/c1-35-15-16-36-19-6-4-18(5-7-19)32-11-8-31(9-12-32)10-13-33-23-20(17-27-33)24-28-22(21-3-2-14-37-21)30-34(24)25(26)29-23/h2-7,14,17H,8-13,15-16H2,1H3,(H2,26,29)/i8D2,9D2,10D2,11D2,12D2,13D2,15D2,16D2. The fourth-order valence-corrected chi connectivity index (χ4v) is 3.32. The smallest absolute Gasteiger partial charge is 0.225 e. The van der Waals surface area contributed by atoms with E-state index in [1.165, 1.54) is 6.26 Å². The van der Waals surface area contributed by atoms with Crippen molar-refractivity contribution in [2.75, 3.05) is 63.3 Å². The number of nitrogen functional groups attached to an aromatic ring is 1. The minimum Gasteiger partial charge on any atom is -0.491 e. The summed E-state index contributed by atoms with van der Waals surface area (Å²) in [4.78, 5) is 8.00. The van der Waals surface area contributed by atoms with Crippen LogP contribution in [0.1, 0.15) is 21.9 Å². The number of methoxy groups -OCH3 is 1. The molecule has 1 aliphatic heterocycles. The van der Waals surface area contributed by atoms with E-state index in [1.54, 1.807) is 12.1 Å². The first-order chi connectivity index (χ1) is 24.2. The van der Waals surface area contributed by atoms with Crippen molar-refractivity contribution in [3.05, 3.63) is 48.9 Å². The fraction of sp³-hybridized carbons (Fsp3) is 0.360. The van der Waals surface area contributed by atoms with Gasteiger partial charge in [0.1, 0.15) is 12.3 Å². The maximum atomic E-state index is 8.93. The van der Waals surface area contributed by atoms with Crippen LogP contribution in [0.15, 0.2) is 53.3 Å². The van der Waals surface area contributed by atoms with Crippen molar-refractivity contribution in [1.82, 2.24) is 34.3 Å². The number of piperazine rings is 1. The van der Waals surface area contributed by atoms with Crippen LogP contribution in [-0.2, 0) is 11.2 Å². The monoisotopic (exact) mass is 519 g/mol. The number of ether oxygens (including phenoxy) is 2. The van der Waals surface area contributed by atoms with Crippen LogP contribution in [0.25, 0.3) is 28.3 Å². The van der Waals surface area contributed by atoms with Crippen molar-refractivity contribution >= 4 is 28.3 Å². The number of hydrogen-bond donors (Lipinski definition) is 1. The van der Waals surface area contributed by atoms with Gasteiger partial charge in [-0.15, -0.1) is 5.10 Å². The minimum atomic E-state index is -3.97. The van der Waals surface area contributed by atoms with E-state index in [4.69, 9.17) is 36.8 Å². The Balaban J connectivity index is 1.41. The molecule has 5 heterocycles. The number of aromatic nitrogens is 6. The molecule has 0 unspecified atom stereocenters. The second-order valence-corrected chi connectivity index (χ2v) is 7.26. The fourth-order valence-electron chi connectivity index (χ4n) is 3.32. The number of benzene rings is 1. The molecule has 0 saturated carbocycles. The Bertz CT molecular complexity index is 2140. The lowest BCUT2D eigenvalue weighted by atomic mass is 10.2. The molecule has 4 aromatic heterocycles. The highest BCUT2D eigenvalue weighted by molar-refractivity contribution is 5.90. The van der Waals surface area contributed by atoms with Gasteiger partial charge in [0.15, 0.2) is 17.1 Å². The summed E-state index contributed by atoms with van der Waals surface area (Å²) in [5, 5.41) is 8.11. The Morgan fingerprint density at radius 2 is 1.89 bits per heavy atom. The van der Waals surface area contributed by atoms with Crippen molar-refractivity contribution in [3.8, 4) is 17.3 Å². The summed E-state index contributed by atoms with van der Waals surface area (Å²) in [5.41, 5.74) is 5.10. The van der Waals surface area contributed by atoms with Gasteiger partial charge in [-0.25, -0.2) is 9.67 Å². The third-order valence-electron chi connectivity index (χ3n) is 4.99. The van der Waals surface area contributed by atoms with Crippen LogP contribution >= 0.6 is 0 Å². The van der Waals surface area contributed by atoms with E-state index in [2.05, 4.69) is 24.9 Å². The zero-order valence-corrected chi connectivity index (χ0v) is 19.0. The van der Waals surface area contributed by atoms with Gasteiger partial charge >= 0.3 is 0 Å². The molecular formula is C25H29N9O3. The van der Waals surface area contributed by atoms with Gasteiger partial charge in [0.2, 0.25) is 11.8 Å². The van der Waals surface area contributed by atoms with Crippen LogP contribution in [0.5, 0.6) is 5.75 Å². The van der Waals surface area contributed by atoms with Gasteiger partial charge < -0.3 is 24.5 Å². The minimum absolute atomic E-state index is 0.0154. The number of hydrogen-bond acceptors (Lipinski definition) is 10. The molecule has 6 rings (SSSR count). The molecule has 0 spiro atoms. The van der Waals surface area contributed by atoms with Gasteiger partial charge in [-0.2, -0.15) is 14.6 Å². The van der Waals surface area contributed by atoms with E-state index in [-0.39, 0.29) is 39.2 Å². The van der Waals surface area contributed by atoms with Gasteiger partial charge in [0.25, 0.3) is 0 Å². The van der Waals surface area contributed by atoms with E-state index in [1.807, 2.05) is 0 Å². The summed E-state index contributed by atoms with van der Waals surface area (Å²) in [6.07, 6.45) is 2.41. The largest absolute Gasteiger partial charge is 0.491 e. The summed E-state index contributed by atoms with van der Waals surface area (Å²) in [6.45, 7) is -28.7. The second kappa shape index (κ2) is 10.1. The van der Waals surface area contributed by atoms with Crippen LogP contribution in [0.2, 0.25) is 0 Å². The maximum Gasteiger partial charge on any atom is 0.225 e.